The van der Waals surface area contributed by atoms with Gasteiger partial charge in [0, 0.05) is 35.7 Å². The minimum atomic E-state index is -0.431. The Bertz CT molecular complexity index is 997. The van der Waals surface area contributed by atoms with Crippen molar-refractivity contribution in [3.05, 3.63) is 40.9 Å². The van der Waals surface area contributed by atoms with Crippen molar-refractivity contribution in [3.63, 3.8) is 0 Å². The van der Waals surface area contributed by atoms with Crippen molar-refractivity contribution < 1.29 is 23.8 Å². The smallest absolute Gasteiger partial charge is 0.271 e. The maximum absolute atomic E-state index is 12.8. The molecule has 0 aromatic heterocycles. The summed E-state index contributed by atoms with van der Waals surface area (Å²) in [6.07, 6.45) is 0.387. The lowest BCUT2D eigenvalue weighted by molar-refractivity contribution is -0.118. The highest BCUT2D eigenvalue weighted by Crippen LogP contribution is 2.40. The molecule has 2 aromatic carbocycles. The predicted molar refractivity (Wildman–Crippen MR) is 115 cm³/mol. The normalized spacial score (nSPS) is 13.6. The molecule has 0 atom stereocenters. The Balaban J connectivity index is 1.87. The monoisotopic (exact) mass is 431 g/mol. The summed E-state index contributed by atoms with van der Waals surface area (Å²) in [5.41, 5.74) is 2.06. The molecule has 2 amide bonds. The number of carbonyl (C=O) groups is 2. The van der Waals surface area contributed by atoms with Crippen LogP contribution < -0.4 is 24.5 Å². The highest BCUT2D eigenvalue weighted by atomic mass is 35.5. The fraction of sp³-hybridized carbons (Fsp3) is 0.286. The average Bonchev–Trinajstić information content (AvgIpc) is 2.75. The summed E-state index contributed by atoms with van der Waals surface area (Å²) in [6, 6.07) is 8.42. The second kappa shape index (κ2) is 9.04. The van der Waals surface area contributed by atoms with E-state index in [2.05, 4.69) is 10.4 Å². The third-order valence-corrected chi connectivity index (χ3v) is 5.02. The number of aryl methyl sites for hydroxylation is 1. The Morgan fingerprint density at radius 3 is 2.30 bits per heavy atom. The number of ether oxygens (including phenoxy) is 3. The third kappa shape index (κ3) is 4.33. The van der Waals surface area contributed by atoms with Gasteiger partial charge in [-0.1, -0.05) is 17.7 Å². The summed E-state index contributed by atoms with van der Waals surface area (Å²) in [6.45, 7) is 1.86. The summed E-state index contributed by atoms with van der Waals surface area (Å²) < 4.78 is 15.9. The number of benzene rings is 2. The van der Waals surface area contributed by atoms with Crippen molar-refractivity contribution in [2.45, 2.75) is 19.8 Å². The fourth-order valence-corrected chi connectivity index (χ4v) is 3.16. The summed E-state index contributed by atoms with van der Waals surface area (Å²) in [4.78, 5) is 25.2. The van der Waals surface area contributed by atoms with Gasteiger partial charge in [-0.15, -0.1) is 0 Å². The van der Waals surface area contributed by atoms with Gasteiger partial charge in [-0.25, -0.2) is 5.01 Å². The molecule has 0 bridgehead atoms. The molecule has 30 heavy (non-hydrogen) atoms. The van der Waals surface area contributed by atoms with Crippen LogP contribution in [-0.2, 0) is 9.59 Å². The Hall–Kier alpha value is -3.26. The molecule has 0 spiro atoms. The molecule has 1 aliphatic heterocycles. The molecule has 0 aliphatic carbocycles. The zero-order valence-corrected chi connectivity index (χ0v) is 17.9. The first-order valence-electron chi connectivity index (χ1n) is 9.16. The zero-order valence-electron chi connectivity index (χ0n) is 17.1. The number of amides is 2. The number of nitrogens with zero attached hydrogens (tertiary/aromatic N) is 2. The van der Waals surface area contributed by atoms with Gasteiger partial charge in [0.25, 0.3) is 5.91 Å². The van der Waals surface area contributed by atoms with Gasteiger partial charge in [-0.3, -0.25) is 9.59 Å². The van der Waals surface area contributed by atoms with Crippen molar-refractivity contribution in [1.29, 1.82) is 0 Å². The molecule has 2 aromatic rings. The molecule has 0 radical (unpaired) electrons. The van der Waals surface area contributed by atoms with E-state index in [1.165, 1.54) is 26.3 Å². The first-order chi connectivity index (χ1) is 14.4. The molecule has 9 heteroatoms. The first kappa shape index (κ1) is 21.4. The molecule has 1 N–H and O–H groups in total. The van der Waals surface area contributed by atoms with Crippen molar-refractivity contribution in [2.75, 3.05) is 31.7 Å². The van der Waals surface area contributed by atoms with E-state index in [-0.39, 0.29) is 24.5 Å². The Kier molecular flexibility index (Phi) is 6.47. The Morgan fingerprint density at radius 1 is 1.07 bits per heavy atom. The second-order valence-electron chi connectivity index (χ2n) is 6.55. The molecule has 8 nitrogen and oxygen atoms in total. The summed E-state index contributed by atoms with van der Waals surface area (Å²) >= 11 is 6.17. The van der Waals surface area contributed by atoms with Crippen molar-refractivity contribution in [2.24, 2.45) is 5.10 Å². The van der Waals surface area contributed by atoms with E-state index in [0.29, 0.717) is 33.6 Å². The molecule has 3 rings (SSSR count). The number of carbonyl (C=O) groups excluding carboxylic acids is 2. The quantitative estimate of drug-likeness (QED) is 0.751. The van der Waals surface area contributed by atoms with Gasteiger partial charge in [-0.05, 0) is 24.6 Å². The highest BCUT2D eigenvalue weighted by molar-refractivity contribution is 6.44. The molecular weight excluding hydrogens is 410 g/mol. The minimum absolute atomic E-state index is 0.160. The molecule has 1 aliphatic rings. The molecule has 1 heterocycles. The standard InChI is InChI=1S/C21H22ClN3O5/c1-12-5-6-14(11-15(12)22)25-19(26)8-7-16(24-25)21(27)23-13-9-17(28-2)20(30-4)18(10-13)29-3/h5-6,9-11H,7-8H2,1-4H3,(H,23,27). The number of halogens is 1. The van der Waals surface area contributed by atoms with E-state index in [1.54, 1.807) is 30.3 Å². The Morgan fingerprint density at radius 2 is 1.73 bits per heavy atom. The van der Waals surface area contributed by atoms with Crippen LogP contribution in [0.5, 0.6) is 17.2 Å². The number of hydrogen-bond acceptors (Lipinski definition) is 6. The van der Waals surface area contributed by atoms with Crippen LogP contribution in [0.15, 0.2) is 35.4 Å². The zero-order chi connectivity index (χ0) is 21.8. The molecule has 0 fully saturated rings. The van der Waals surface area contributed by atoms with E-state index in [4.69, 9.17) is 25.8 Å². The largest absolute Gasteiger partial charge is 0.493 e. The highest BCUT2D eigenvalue weighted by Gasteiger charge is 2.26. The fourth-order valence-electron chi connectivity index (χ4n) is 2.99. The lowest BCUT2D eigenvalue weighted by Gasteiger charge is -2.23. The van der Waals surface area contributed by atoms with Crippen molar-refractivity contribution >= 4 is 40.5 Å². The minimum Gasteiger partial charge on any atom is -0.493 e. The SMILES string of the molecule is COc1cc(NC(=O)C2=NN(c3ccc(C)c(Cl)c3)C(=O)CC2)cc(OC)c1OC. The molecule has 0 unspecified atom stereocenters. The summed E-state index contributed by atoms with van der Waals surface area (Å²) in [5, 5.41) is 8.76. The number of rotatable bonds is 6. The second-order valence-corrected chi connectivity index (χ2v) is 6.96. The van der Waals surface area contributed by atoms with Crippen molar-refractivity contribution in [1.82, 2.24) is 0 Å². The van der Waals surface area contributed by atoms with Crippen LogP contribution in [0.3, 0.4) is 0 Å². The van der Waals surface area contributed by atoms with Gasteiger partial charge in [-0.2, -0.15) is 5.10 Å². The van der Waals surface area contributed by atoms with Gasteiger partial charge < -0.3 is 19.5 Å². The number of hydrazone groups is 1. The predicted octanol–water partition coefficient (Wildman–Crippen LogP) is 3.80. The summed E-state index contributed by atoms with van der Waals surface area (Å²) in [7, 11) is 4.48. The maximum Gasteiger partial charge on any atom is 0.271 e. The number of nitrogens with one attached hydrogen (secondary N) is 1. The van der Waals surface area contributed by atoms with E-state index in [9.17, 15) is 9.59 Å². The summed E-state index contributed by atoms with van der Waals surface area (Å²) in [5.74, 6) is 0.591. The van der Waals surface area contributed by atoms with Crippen LogP contribution in [0.25, 0.3) is 0 Å². The molecule has 0 saturated carbocycles. The molecular formula is C21H22ClN3O5. The topological polar surface area (TPSA) is 89.5 Å². The van der Waals surface area contributed by atoms with Crippen LogP contribution >= 0.6 is 11.6 Å². The van der Waals surface area contributed by atoms with Crippen LogP contribution in [0.4, 0.5) is 11.4 Å². The van der Waals surface area contributed by atoms with Gasteiger partial charge in [0.15, 0.2) is 11.5 Å². The molecule has 0 saturated heterocycles. The van der Waals surface area contributed by atoms with E-state index >= 15 is 0 Å². The lowest BCUT2D eigenvalue weighted by Crippen LogP contribution is -2.36. The number of hydrogen-bond donors (Lipinski definition) is 1. The van der Waals surface area contributed by atoms with Crippen LogP contribution in [0.2, 0.25) is 5.02 Å². The molecule has 158 valence electrons. The van der Waals surface area contributed by atoms with E-state index in [1.807, 2.05) is 6.92 Å². The average molecular weight is 432 g/mol. The number of anilines is 2. The Labute approximate surface area is 179 Å². The van der Waals surface area contributed by atoms with Crippen LogP contribution in [-0.4, -0.2) is 38.9 Å². The maximum atomic E-state index is 12.8. The van der Waals surface area contributed by atoms with Crippen LogP contribution in [0, 0.1) is 6.92 Å². The van der Waals surface area contributed by atoms with Gasteiger partial charge in [0.05, 0.1) is 27.0 Å². The van der Waals surface area contributed by atoms with Gasteiger partial charge in [0.1, 0.15) is 5.71 Å². The number of methoxy groups -OCH3 is 3. The van der Waals surface area contributed by atoms with Crippen molar-refractivity contribution in [3.8, 4) is 17.2 Å². The lowest BCUT2D eigenvalue weighted by atomic mass is 10.1. The van der Waals surface area contributed by atoms with Crippen LogP contribution in [0.1, 0.15) is 18.4 Å². The van der Waals surface area contributed by atoms with E-state index < -0.39 is 5.91 Å². The first-order valence-corrected chi connectivity index (χ1v) is 9.53. The van der Waals surface area contributed by atoms with Gasteiger partial charge in [0.2, 0.25) is 11.7 Å². The van der Waals surface area contributed by atoms with Gasteiger partial charge >= 0.3 is 0 Å². The third-order valence-electron chi connectivity index (χ3n) is 4.62. The van der Waals surface area contributed by atoms with E-state index in [0.717, 1.165) is 5.56 Å².